The topological polar surface area (TPSA) is 29.5 Å². The minimum Gasteiger partial charge on any atom is -0.392 e. The summed E-state index contributed by atoms with van der Waals surface area (Å²) >= 11 is 1.83. The molecule has 1 aliphatic rings. The molecule has 2 rings (SSSR count). The predicted octanol–water partition coefficient (Wildman–Crippen LogP) is 2.64. The van der Waals surface area contributed by atoms with Gasteiger partial charge < -0.3 is 9.84 Å². The zero-order valence-corrected chi connectivity index (χ0v) is 10.6. The monoisotopic (exact) mass is 240 g/mol. The number of thiophene rings is 1. The number of aliphatic hydroxyl groups excluding tert-OH is 1. The molecule has 1 atom stereocenters. The van der Waals surface area contributed by atoms with E-state index in [0.29, 0.717) is 5.92 Å². The summed E-state index contributed by atoms with van der Waals surface area (Å²) < 4.78 is 5.31. The highest BCUT2D eigenvalue weighted by atomic mass is 32.1. The van der Waals surface area contributed by atoms with E-state index < -0.39 is 0 Å². The highest BCUT2D eigenvalue weighted by Gasteiger charge is 2.22. The van der Waals surface area contributed by atoms with Crippen molar-refractivity contribution in [2.24, 2.45) is 5.92 Å². The molecule has 0 radical (unpaired) electrons. The molecule has 0 amide bonds. The van der Waals surface area contributed by atoms with Crippen molar-refractivity contribution in [2.45, 2.75) is 38.7 Å². The van der Waals surface area contributed by atoms with Crippen molar-refractivity contribution in [1.29, 1.82) is 0 Å². The Balaban J connectivity index is 1.87. The molecule has 1 aliphatic heterocycles. The summed E-state index contributed by atoms with van der Waals surface area (Å²) in [5.74, 6) is 0.431. The molecule has 2 heterocycles. The number of hydrogen-bond acceptors (Lipinski definition) is 3. The lowest BCUT2D eigenvalue weighted by molar-refractivity contribution is 0.00868. The van der Waals surface area contributed by atoms with Crippen molar-refractivity contribution in [3.8, 4) is 0 Å². The number of aryl methyl sites for hydroxylation is 1. The zero-order valence-electron chi connectivity index (χ0n) is 9.82. The maximum Gasteiger partial charge on any atom is 0.0618 e. The molecule has 1 fully saturated rings. The molecular weight excluding hydrogens is 220 g/mol. The van der Waals surface area contributed by atoms with E-state index in [0.717, 1.165) is 38.9 Å². The summed E-state index contributed by atoms with van der Waals surface area (Å²) in [4.78, 5) is 2.73. The van der Waals surface area contributed by atoms with Crippen molar-refractivity contribution in [2.75, 3.05) is 13.2 Å². The molecule has 16 heavy (non-hydrogen) atoms. The summed E-state index contributed by atoms with van der Waals surface area (Å²) in [5.41, 5.74) is 0. The fraction of sp³-hybridized carbons (Fsp3) is 0.692. The van der Waals surface area contributed by atoms with Crippen LogP contribution in [0.2, 0.25) is 0 Å². The van der Waals surface area contributed by atoms with Crippen molar-refractivity contribution in [3.05, 3.63) is 21.9 Å². The van der Waals surface area contributed by atoms with E-state index in [1.807, 2.05) is 11.3 Å². The molecule has 1 unspecified atom stereocenters. The highest BCUT2D eigenvalue weighted by Crippen LogP contribution is 2.24. The van der Waals surface area contributed by atoms with Crippen LogP contribution >= 0.6 is 11.3 Å². The minimum absolute atomic E-state index is 0.188. The molecule has 90 valence electrons. The van der Waals surface area contributed by atoms with Crippen LogP contribution in [0.25, 0.3) is 0 Å². The van der Waals surface area contributed by atoms with Gasteiger partial charge in [-0.1, -0.05) is 6.92 Å². The first-order valence-corrected chi connectivity index (χ1v) is 6.94. The van der Waals surface area contributed by atoms with E-state index in [4.69, 9.17) is 4.74 Å². The maximum atomic E-state index is 10.2. The van der Waals surface area contributed by atoms with E-state index in [9.17, 15) is 5.11 Å². The lowest BCUT2D eigenvalue weighted by atomic mass is 9.92. The Labute approximate surface area is 101 Å². The second-order valence-corrected chi connectivity index (χ2v) is 5.70. The Bertz CT molecular complexity index is 315. The normalized spacial score (nSPS) is 19.9. The molecule has 0 bridgehead atoms. The lowest BCUT2D eigenvalue weighted by Gasteiger charge is -2.26. The van der Waals surface area contributed by atoms with Crippen molar-refractivity contribution in [3.63, 3.8) is 0 Å². The van der Waals surface area contributed by atoms with Gasteiger partial charge in [0.05, 0.1) is 6.10 Å². The van der Waals surface area contributed by atoms with E-state index in [2.05, 4.69) is 19.1 Å². The molecular formula is C13H20O2S. The molecule has 1 N–H and O–H groups in total. The third kappa shape index (κ3) is 3.06. The molecule has 0 spiro atoms. The summed E-state index contributed by atoms with van der Waals surface area (Å²) in [7, 11) is 0. The summed E-state index contributed by atoms with van der Waals surface area (Å²) in [6.07, 6.45) is 3.74. The van der Waals surface area contributed by atoms with E-state index >= 15 is 0 Å². The first-order chi connectivity index (χ1) is 7.79. The predicted molar refractivity (Wildman–Crippen MR) is 67.0 cm³/mol. The number of hydrogen-bond donors (Lipinski definition) is 1. The lowest BCUT2D eigenvalue weighted by Crippen LogP contribution is -2.28. The van der Waals surface area contributed by atoms with E-state index in [-0.39, 0.29) is 6.10 Å². The Hall–Kier alpha value is -0.380. The standard InChI is InChI=1S/C13H20O2S/c1-2-11-3-4-12(16-11)9-13(14)10-5-7-15-8-6-10/h3-4,10,13-14H,2,5-9H2,1H3. The molecule has 1 saturated heterocycles. The van der Waals surface area contributed by atoms with Crippen LogP contribution in [0, 0.1) is 5.92 Å². The number of ether oxygens (including phenoxy) is 1. The fourth-order valence-electron chi connectivity index (χ4n) is 2.20. The molecule has 1 aromatic rings. The number of rotatable bonds is 4. The zero-order chi connectivity index (χ0) is 11.4. The molecule has 1 aromatic heterocycles. The van der Waals surface area contributed by atoms with Gasteiger partial charge in [0.2, 0.25) is 0 Å². The largest absolute Gasteiger partial charge is 0.392 e. The van der Waals surface area contributed by atoms with Gasteiger partial charge in [-0.25, -0.2) is 0 Å². The molecule has 0 aliphatic carbocycles. The van der Waals surface area contributed by atoms with Gasteiger partial charge in [-0.05, 0) is 37.3 Å². The van der Waals surface area contributed by atoms with Crippen molar-refractivity contribution in [1.82, 2.24) is 0 Å². The first kappa shape index (κ1) is 12.1. The smallest absolute Gasteiger partial charge is 0.0618 e. The van der Waals surface area contributed by atoms with Gasteiger partial charge in [0.15, 0.2) is 0 Å². The molecule has 0 saturated carbocycles. The summed E-state index contributed by atoms with van der Waals surface area (Å²) in [5, 5.41) is 10.2. The van der Waals surface area contributed by atoms with Gasteiger partial charge in [0.1, 0.15) is 0 Å². The molecule has 0 aromatic carbocycles. The Kier molecular flexibility index (Phi) is 4.38. The molecule has 2 nitrogen and oxygen atoms in total. The Morgan fingerprint density at radius 2 is 2.06 bits per heavy atom. The minimum atomic E-state index is -0.188. The fourth-order valence-corrected chi connectivity index (χ4v) is 3.20. The van der Waals surface area contributed by atoms with Crippen molar-refractivity contribution >= 4 is 11.3 Å². The third-order valence-corrected chi connectivity index (χ3v) is 4.54. The van der Waals surface area contributed by atoms with Crippen molar-refractivity contribution < 1.29 is 9.84 Å². The Morgan fingerprint density at radius 1 is 1.38 bits per heavy atom. The van der Waals surface area contributed by atoms with Gasteiger partial charge in [-0.2, -0.15) is 0 Å². The maximum absolute atomic E-state index is 10.2. The van der Waals surface area contributed by atoms with Gasteiger partial charge >= 0.3 is 0 Å². The summed E-state index contributed by atoms with van der Waals surface area (Å²) in [6.45, 7) is 3.79. The van der Waals surface area contributed by atoms with Crippen LogP contribution in [-0.2, 0) is 17.6 Å². The van der Waals surface area contributed by atoms with E-state index in [1.165, 1.54) is 9.75 Å². The second-order valence-electron chi connectivity index (χ2n) is 4.44. The van der Waals surface area contributed by atoms with E-state index in [1.54, 1.807) is 0 Å². The summed E-state index contributed by atoms with van der Waals surface area (Å²) in [6, 6.07) is 4.34. The molecule has 3 heteroatoms. The average Bonchev–Trinajstić information content (AvgIpc) is 2.78. The van der Waals surface area contributed by atoms with Crippen LogP contribution in [0.5, 0.6) is 0 Å². The second kappa shape index (κ2) is 5.80. The van der Waals surface area contributed by atoms with Gasteiger partial charge in [0, 0.05) is 29.4 Å². The van der Waals surface area contributed by atoms with Crippen LogP contribution in [0.4, 0.5) is 0 Å². The number of aliphatic hydroxyl groups is 1. The first-order valence-electron chi connectivity index (χ1n) is 6.13. The SMILES string of the molecule is CCc1ccc(CC(O)C2CCOCC2)s1. The van der Waals surface area contributed by atoms with Crippen LogP contribution < -0.4 is 0 Å². The Morgan fingerprint density at radius 3 is 2.69 bits per heavy atom. The van der Waals surface area contributed by atoms with Gasteiger partial charge in [-0.15, -0.1) is 11.3 Å². The quantitative estimate of drug-likeness (QED) is 0.876. The van der Waals surface area contributed by atoms with Crippen LogP contribution in [-0.4, -0.2) is 24.4 Å². The van der Waals surface area contributed by atoms with Gasteiger partial charge in [-0.3, -0.25) is 0 Å². The van der Waals surface area contributed by atoms with Crippen LogP contribution in [0.15, 0.2) is 12.1 Å². The average molecular weight is 240 g/mol. The van der Waals surface area contributed by atoms with Crippen LogP contribution in [0.3, 0.4) is 0 Å². The highest BCUT2D eigenvalue weighted by molar-refractivity contribution is 7.11. The van der Waals surface area contributed by atoms with Crippen LogP contribution in [0.1, 0.15) is 29.5 Å². The van der Waals surface area contributed by atoms with Gasteiger partial charge in [0.25, 0.3) is 0 Å². The third-order valence-electron chi connectivity index (χ3n) is 3.29.